The third-order valence-electron chi connectivity index (χ3n) is 4.53. The van der Waals surface area contributed by atoms with Crippen molar-refractivity contribution in [3.8, 4) is 0 Å². The van der Waals surface area contributed by atoms with Crippen molar-refractivity contribution < 1.29 is 23.1 Å². The summed E-state index contributed by atoms with van der Waals surface area (Å²) in [6, 6.07) is -0.628. The van der Waals surface area contributed by atoms with E-state index in [9.17, 15) is 23.1 Å². The van der Waals surface area contributed by atoms with Crippen LogP contribution in [0.4, 0.5) is 13.2 Å². The molecule has 0 aromatic carbocycles. The van der Waals surface area contributed by atoms with Crippen LogP contribution < -0.4 is 0 Å². The molecule has 1 aromatic rings. The van der Waals surface area contributed by atoms with E-state index in [2.05, 4.69) is 15.5 Å². The minimum atomic E-state index is -4.61. The number of alkyl halides is 3. The fourth-order valence-electron chi connectivity index (χ4n) is 3.41. The number of β-lactam (4-membered cyclic amide) rings is 1. The molecule has 0 spiro atoms. The lowest BCUT2D eigenvalue weighted by Gasteiger charge is -2.47. The van der Waals surface area contributed by atoms with E-state index in [1.165, 1.54) is 23.4 Å². The number of aliphatic hydroxyl groups is 1. The van der Waals surface area contributed by atoms with E-state index in [1.54, 1.807) is 14.0 Å². The highest BCUT2D eigenvalue weighted by Crippen LogP contribution is 2.54. The molecule has 1 aromatic heterocycles. The Morgan fingerprint density at radius 1 is 1.31 bits per heavy atom. The third kappa shape index (κ3) is 3.22. The number of allylic oxidation sites excluding steroid dienone is 1. The van der Waals surface area contributed by atoms with E-state index in [0.717, 1.165) is 16.7 Å². The van der Waals surface area contributed by atoms with Gasteiger partial charge in [0, 0.05) is 29.4 Å². The summed E-state index contributed by atoms with van der Waals surface area (Å²) < 4.78 is 42.2. The van der Waals surface area contributed by atoms with Crippen molar-refractivity contribution in [2.24, 2.45) is 18.9 Å². The van der Waals surface area contributed by atoms with Gasteiger partial charge in [-0.25, -0.2) is 4.68 Å². The molecule has 2 aliphatic rings. The van der Waals surface area contributed by atoms with Gasteiger partial charge in [-0.05, 0) is 17.4 Å². The smallest absolute Gasteiger partial charge is 0.393 e. The summed E-state index contributed by atoms with van der Waals surface area (Å²) in [5.41, 5.74) is -0.868. The number of carbonyl (C=O) groups excluding carboxylic acids is 1. The van der Waals surface area contributed by atoms with Crippen molar-refractivity contribution in [2.75, 3.05) is 11.5 Å². The van der Waals surface area contributed by atoms with Crippen LogP contribution in [-0.4, -0.2) is 65.9 Å². The van der Waals surface area contributed by atoms with E-state index in [1.807, 2.05) is 0 Å². The van der Waals surface area contributed by atoms with Gasteiger partial charge < -0.3 is 10.0 Å². The summed E-state index contributed by atoms with van der Waals surface area (Å²) >= 11 is 2.46. The standard InChI is InChI=1S/C14H18F3N5O2S2/c1-6-9-8(7(2)23)12(24)22(9)11(14(15,16)17)10(6)25-4-5-26-13-18-19-20-21(13)3/h6-9,23H,4-5H2,1-3H3/t6-,7?,8?,9?/m1/s1. The predicted octanol–water partition coefficient (Wildman–Crippen LogP) is 1.67. The van der Waals surface area contributed by atoms with E-state index < -0.39 is 41.8 Å². The maximum atomic E-state index is 13.6. The maximum Gasteiger partial charge on any atom is 0.432 e. The molecule has 1 N–H and O–H groups in total. The van der Waals surface area contributed by atoms with Crippen LogP contribution in [-0.2, 0) is 11.8 Å². The van der Waals surface area contributed by atoms with E-state index in [-0.39, 0.29) is 4.91 Å². The molecular formula is C14H18F3N5O2S2. The van der Waals surface area contributed by atoms with Crippen molar-refractivity contribution in [3.05, 3.63) is 10.6 Å². The highest BCUT2D eigenvalue weighted by molar-refractivity contribution is 8.05. The lowest BCUT2D eigenvalue weighted by atomic mass is 9.79. The summed E-state index contributed by atoms with van der Waals surface area (Å²) in [4.78, 5) is 13.1. The molecule has 0 aliphatic carbocycles. The van der Waals surface area contributed by atoms with Gasteiger partial charge in [-0.1, -0.05) is 18.7 Å². The SMILES string of the molecule is CC(O)C1C(=O)N2C(C(F)(F)F)=C(SCCSc3nnnn3C)[C@H](C)C12. The summed E-state index contributed by atoms with van der Waals surface area (Å²) in [7, 11) is 1.69. The monoisotopic (exact) mass is 409 g/mol. The van der Waals surface area contributed by atoms with Crippen LogP contribution in [0.1, 0.15) is 13.8 Å². The molecule has 4 atom stereocenters. The van der Waals surface area contributed by atoms with Crippen LogP contribution in [0, 0.1) is 11.8 Å². The molecule has 1 fully saturated rings. The second-order valence-corrected chi connectivity index (χ2v) is 8.45. The minimum Gasteiger partial charge on any atom is -0.393 e. The van der Waals surface area contributed by atoms with Crippen LogP contribution in [0.3, 0.4) is 0 Å². The fourth-order valence-corrected chi connectivity index (χ4v) is 5.55. The molecule has 0 saturated carbocycles. The largest absolute Gasteiger partial charge is 0.432 e. The number of carbonyl (C=O) groups is 1. The van der Waals surface area contributed by atoms with Gasteiger partial charge in [-0.15, -0.1) is 16.9 Å². The van der Waals surface area contributed by atoms with Crippen molar-refractivity contribution in [1.82, 2.24) is 25.1 Å². The topological polar surface area (TPSA) is 84.1 Å². The fraction of sp³-hybridized carbons (Fsp3) is 0.714. The first-order valence-electron chi connectivity index (χ1n) is 7.95. The highest BCUT2D eigenvalue weighted by Gasteiger charge is 2.63. The molecule has 1 saturated heterocycles. The average Bonchev–Trinajstić information content (AvgIpc) is 3.03. The van der Waals surface area contributed by atoms with Gasteiger partial charge in [-0.2, -0.15) is 13.2 Å². The number of rotatable bonds is 6. The lowest BCUT2D eigenvalue weighted by Crippen LogP contribution is -2.64. The van der Waals surface area contributed by atoms with Gasteiger partial charge in [-0.3, -0.25) is 4.79 Å². The molecule has 7 nitrogen and oxygen atoms in total. The van der Waals surface area contributed by atoms with Crippen molar-refractivity contribution >= 4 is 29.4 Å². The number of aryl methyl sites for hydroxylation is 1. The number of aliphatic hydroxyl groups excluding tert-OH is 1. The molecule has 0 radical (unpaired) electrons. The number of nitrogens with zero attached hydrogens (tertiary/aromatic N) is 5. The van der Waals surface area contributed by atoms with Gasteiger partial charge in [0.2, 0.25) is 11.1 Å². The van der Waals surface area contributed by atoms with Crippen LogP contribution >= 0.6 is 23.5 Å². The molecule has 12 heteroatoms. The Morgan fingerprint density at radius 2 is 1.96 bits per heavy atom. The zero-order valence-electron chi connectivity index (χ0n) is 14.3. The van der Waals surface area contributed by atoms with E-state index in [4.69, 9.17) is 0 Å². The van der Waals surface area contributed by atoms with Crippen LogP contribution in [0.25, 0.3) is 0 Å². The molecule has 3 rings (SSSR count). The quantitative estimate of drug-likeness (QED) is 0.435. The van der Waals surface area contributed by atoms with Gasteiger partial charge in [0.1, 0.15) is 5.70 Å². The second kappa shape index (κ2) is 7.04. The number of hydrogen-bond donors (Lipinski definition) is 1. The molecule has 3 heterocycles. The Balaban J connectivity index is 1.72. The highest BCUT2D eigenvalue weighted by atomic mass is 32.2. The molecule has 0 bridgehead atoms. The third-order valence-corrected chi connectivity index (χ3v) is 7.09. The Morgan fingerprint density at radius 3 is 2.50 bits per heavy atom. The Bertz CT molecular complexity index is 736. The average molecular weight is 409 g/mol. The number of fused-ring (bicyclic) bond motifs is 1. The van der Waals surface area contributed by atoms with Crippen molar-refractivity contribution in [3.63, 3.8) is 0 Å². The van der Waals surface area contributed by atoms with Crippen molar-refractivity contribution in [1.29, 1.82) is 0 Å². The molecule has 26 heavy (non-hydrogen) atoms. The molecule has 2 aliphatic heterocycles. The first-order chi connectivity index (χ1) is 12.1. The van der Waals surface area contributed by atoms with Gasteiger partial charge in [0.05, 0.1) is 18.1 Å². The number of hydrogen-bond acceptors (Lipinski definition) is 7. The number of amides is 1. The second-order valence-electron chi connectivity index (χ2n) is 6.25. The first-order valence-corrected chi connectivity index (χ1v) is 9.92. The Labute approximate surface area is 156 Å². The summed E-state index contributed by atoms with van der Waals surface area (Å²) in [5, 5.41) is 21.3. The van der Waals surface area contributed by atoms with Gasteiger partial charge >= 0.3 is 6.18 Å². The molecule has 1 amide bonds. The van der Waals surface area contributed by atoms with Crippen LogP contribution in [0.15, 0.2) is 15.8 Å². The minimum absolute atomic E-state index is 0.163. The molecular weight excluding hydrogens is 391 g/mol. The first kappa shape index (κ1) is 19.5. The van der Waals surface area contributed by atoms with Gasteiger partial charge in [0.25, 0.3) is 0 Å². The Hall–Kier alpha value is -1.27. The zero-order valence-corrected chi connectivity index (χ0v) is 15.9. The normalized spacial score (nSPS) is 27.0. The number of thioether (sulfide) groups is 2. The maximum absolute atomic E-state index is 13.6. The number of tetrazole rings is 1. The predicted molar refractivity (Wildman–Crippen MR) is 90.0 cm³/mol. The zero-order chi connectivity index (χ0) is 19.2. The summed E-state index contributed by atoms with van der Waals surface area (Å²) in [6.07, 6.45) is -5.57. The molecule has 3 unspecified atom stereocenters. The number of aromatic nitrogens is 4. The van der Waals surface area contributed by atoms with E-state index >= 15 is 0 Å². The van der Waals surface area contributed by atoms with Crippen LogP contribution in [0.2, 0.25) is 0 Å². The number of halogens is 3. The lowest BCUT2D eigenvalue weighted by molar-refractivity contribution is -0.173. The van der Waals surface area contributed by atoms with Gasteiger partial charge in [0.15, 0.2) is 0 Å². The molecule has 144 valence electrons. The summed E-state index contributed by atoms with van der Waals surface area (Å²) in [6.45, 7) is 3.12. The van der Waals surface area contributed by atoms with Crippen LogP contribution in [0.5, 0.6) is 0 Å². The summed E-state index contributed by atoms with van der Waals surface area (Å²) in [5.74, 6) is -0.946. The van der Waals surface area contributed by atoms with Crippen molar-refractivity contribution in [2.45, 2.75) is 37.3 Å². The Kier molecular flexibility index (Phi) is 5.28. The van der Waals surface area contributed by atoms with E-state index in [0.29, 0.717) is 16.7 Å².